The lowest BCUT2D eigenvalue weighted by Crippen LogP contribution is -2.40. The number of likely N-dealkylation sites (tertiary alicyclic amines) is 1. The van der Waals surface area contributed by atoms with Crippen molar-refractivity contribution in [2.75, 3.05) is 12.4 Å². The molecule has 0 amide bonds. The molecule has 0 N–H and O–H groups in total. The first-order valence-corrected chi connectivity index (χ1v) is 7.60. The van der Waals surface area contributed by atoms with Crippen molar-refractivity contribution in [1.82, 2.24) is 14.7 Å². The van der Waals surface area contributed by atoms with Gasteiger partial charge in [0.05, 0.1) is 16.4 Å². The van der Waals surface area contributed by atoms with Crippen LogP contribution in [0.5, 0.6) is 0 Å². The average molecular weight is 290 g/mol. The molecular formula is C13H21Cl2N3. The van der Waals surface area contributed by atoms with Gasteiger partial charge in [0.25, 0.3) is 0 Å². The minimum atomic E-state index is 0.483. The minimum Gasteiger partial charge on any atom is -0.293 e. The summed E-state index contributed by atoms with van der Waals surface area (Å²) in [5.41, 5.74) is 2.06. The molecule has 0 saturated carbocycles. The summed E-state index contributed by atoms with van der Waals surface area (Å²) in [7, 11) is 0. The fraction of sp³-hybridized carbons (Fsp3) is 0.769. The predicted molar refractivity (Wildman–Crippen MR) is 76.4 cm³/mol. The smallest absolute Gasteiger partial charge is 0.0860 e. The summed E-state index contributed by atoms with van der Waals surface area (Å²) < 4.78 is 2.01. The Balaban J connectivity index is 2.17. The molecule has 0 aromatic carbocycles. The number of rotatable bonds is 4. The van der Waals surface area contributed by atoms with Gasteiger partial charge in [0.2, 0.25) is 0 Å². The zero-order chi connectivity index (χ0) is 13.1. The summed E-state index contributed by atoms with van der Waals surface area (Å²) in [6.45, 7) is 6.91. The highest BCUT2D eigenvalue weighted by Gasteiger charge is 2.24. The van der Waals surface area contributed by atoms with Gasteiger partial charge in [-0.15, -0.1) is 11.6 Å². The van der Waals surface area contributed by atoms with Crippen LogP contribution >= 0.6 is 23.2 Å². The van der Waals surface area contributed by atoms with E-state index in [0.29, 0.717) is 11.9 Å². The topological polar surface area (TPSA) is 21.1 Å². The Hall–Kier alpha value is -0.250. The van der Waals surface area contributed by atoms with E-state index in [1.807, 2.05) is 11.6 Å². The van der Waals surface area contributed by atoms with Crippen molar-refractivity contribution in [1.29, 1.82) is 0 Å². The normalized spacial score (nSPS) is 21.4. The van der Waals surface area contributed by atoms with Gasteiger partial charge >= 0.3 is 0 Å². The third kappa shape index (κ3) is 2.84. The molecule has 1 unspecified atom stereocenters. The first kappa shape index (κ1) is 14.2. The molecule has 0 bridgehead atoms. The molecule has 1 aliphatic rings. The zero-order valence-corrected chi connectivity index (χ0v) is 12.6. The van der Waals surface area contributed by atoms with Gasteiger partial charge in [0.15, 0.2) is 0 Å². The van der Waals surface area contributed by atoms with Crippen molar-refractivity contribution in [2.24, 2.45) is 0 Å². The maximum absolute atomic E-state index is 6.36. The van der Waals surface area contributed by atoms with Crippen LogP contribution in [0.2, 0.25) is 5.02 Å². The highest BCUT2D eigenvalue weighted by atomic mass is 35.5. The first-order chi connectivity index (χ1) is 8.67. The third-order valence-corrected chi connectivity index (χ3v) is 4.58. The van der Waals surface area contributed by atoms with Gasteiger partial charge in [-0.1, -0.05) is 18.0 Å². The standard InChI is InChI=1S/C13H21Cl2N3/c1-3-18-12(13(15)10(2)16-18)9-17-7-5-4-6-11(17)8-14/h11H,3-9H2,1-2H3. The van der Waals surface area contributed by atoms with Gasteiger partial charge < -0.3 is 0 Å². The van der Waals surface area contributed by atoms with Crippen LogP contribution < -0.4 is 0 Å². The fourth-order valence-corrected chi connectivity index (χ4v) is 3.20. The van der Waals surface area contributed by atoms with Gasteiger partial charge in [-0.3, -0.25) is 9.58 Å². The Morgan fingerprint density at radius 3 is 2.83 bits per heavy atom. The SMILES string of the molecule is CCn1nc(C)c(Cl)c1CN1CCCCC1CCl. The van der Waals surface area contributed by atoms with Gasteiger partial charge in [0.1, 0.15) is 0 Å². The van der Waals surface area contributed by atoms with Crippen LogP contribution in [0.4, 0.5) is 0 Å². The molecule has 1 aliphatic heterocycles. The maximum atomic E-state index is 6.36. The molecule has 1 aromatic rings. The molecule has 2 rings (SSSR count). The van der Waals surface area contributed by atoms with Crippen molar-refractivity contribution in [3.05, 3.63) is 16.4 Å². The van der Waals surface area contributed by atoms with Crippen LogP contribution in [0, 0.1) is 6.92 Å². The predicted octanol–water partition coefficient (Wildman–Crippen LogP) is 3.46. The number of hydrogen-bond donors (Lipinski definition) is 0. The molecule has 18 heavy (non-hydrogen) atoms. The maximum Gasteiger partial charge on any atom is 0.0860 e. The number of aryl methyl sites for hydroxylation is 2. The van der Waals surface area contributed by atoms with Gasteiger partial charge in [-0.2, -0.15) is 5.10 Å². The molecule has 102 valence electrons. The van der Waals surface area contributed by atoms with E-state index < -0.39 is 0 Å². The lowest BCUT2D eigenvalue weighted by atomic mass is 10.0. The van der Waals surface area contributed by atoms with Crippen LogP contribution in [-0.2, 0) is 13.1 Å². The highest BCUT2D eigenvalue weighted by molar-refractivity contribution is 6.31. The number of alkyl halides is 1. The Bertz CT molecular complexity index is 403. The molecular weight excluding hydrogens is 269 g/mol. The van der Waals surface area contributed by atoms with E-state index in [1.165, 1.54) is 19.3 Å². The molecule has 1 aromatic heterocycles. The number of nitrogens with zero attached hydrogens (tertiary/aromatic N) is 3. The van der Waals surface area contributed by atoms with Crippen LogP contribution in [-0.4, -0.2) is 33.1 Å². The Morgan fingerprint density at radius 2 is 2.17 bits per heavy atom. The van der Waals surface area contributed by atoms with Crippen molar-refractivity contribution < 1.29 is 0 Å². The number of hydrogen-bond acceptors (Lipinski definition) is 2. The fourth-order valence-electron chi connectivity index (χ4n) is 2.66. The lowest BCUT2D eigenvalue weighted by molar-refractivity contribution is 0.151. The number of aromatic nitrogens is 2. The molecule has 1 atom stereocenters. The van der Waals surface area contributed by atoms with E-state index in [9.17, 15) is 0 Å². The van der Waals surface area contributed by atoms with E-state index in [1.54, 1.807) is 0 Å². The van der Waals surface area contributed by atoms with Crippen molar-refractivity contribution in [2.45, 2.75) is 52.2 Å². The molecule has 0 radical (unpaired) electrons. The molecule has 1 saturated heterocycles. The minimum absolute atomic E-state index is 0.483. The number of halogens is 2. The van der Waals surface area contributed by atoms with E-state index in [4.69, 9.17) is 23.2 Å². The molecule has 0 aliphatic carbocycles. The van der Waals surface area contributed by atoms with Crippen LogP contribution in [0.15, 0.2) is 0 Å². The van der Waals surface area contributed by atoms with Crippen molar-refractivity contribution >= 4 is 23.2 Å². The van der Waals surface area contributed by atoms with Gasteiger partial charge in [-0.05, 0) is 33.2 Å². The number of piperidine rings is 1. The largest absolute Gasteiger partial charge is 0.293 e. The van der Waals surface area contributed by atoms with Crippen LogP contribution in [0.3, 0.4) is 0 Å². The molecule has 5 heteroatoms. The summed E-state index contributed by atoms with van der Waals surface area (Å²) in [5, 5.41) is 5.29. The molecule has 3 nitrogen and oxygen atoms in total. The Labute approximate surface area is 119 Å². The third-order valence-electron chi connectivity index (χ3n) is 3.73. The molecule has 0 spiro atoms. The van der Waals surface area contributed by atoms with Crippen LogP contribution in [0.25, 0.3) is 0 Å². The van der Waals surface area contributed by atoms with E-state index in [2.05, 4.69) is 16.9 Å². The second-order valence-electron chi connectivity index (χ2n) is 4.94. The molecule has 2 heterocycles. The second-order valence-corrected chi connectivity index (χ2v) is 5.62. The van der Waals surface area contributed by atoms with E-state index in [-0.39, 0.29) is 0 Å². The van der Waals surface area contributed by atoms with E-state index in [0.717, 1.165) is 36.0 Å². The average Bonchev–Trinajstić information content (AvgIpc) is 2.67. The van der Waals surface area contributed by atoms with Gasteiger partial charge in [0, 0.05) is 25.0 Å². The quantitative estimate of drug-likeness (QED) is 0.792. The summed E-state index contributed by atoms with van der Waals surface area (Å²) in [5.74, 6) is 0.705. The summed E-state index contributed by atoms with van der Waals surface area (Å²) >= 11 is 12.4. The monoisotopic (exact) mass is 289 g/mol. The van der Waals surface area contributed by atoms with Crippen molar-refractivity contribution in [3.63, 3.8) is 0 Å². The zero-order valence-electron chi connectivity index (χ0n) is 11.1. The Morgan fingerprint density at radius 1 is 1.39 bits per heavy atom. The summed E-state index contributed by atoms with van der Waals surface area (Å²) in [6, 6.07) is 0.483. The highest BCUT2D eigenvalue weighted by Crippen LogP contribution is 2.26. The lowest BCUT2D eigenvalue weighted by Gasteiger charge is -2.34. The Kier molecular flexibility index (Phi) is 4.93. The van der Waals surface area contributed by atoms with Gasteiger partial charge in [-0.25, -0.2) is 0 Å². The summed E-state index contributed by atoms with van der Waals surface area (Å²) in [6.07, 6.45) is 3.73. The van der Waals surface area contributed by atoms with Crippen molar-refractivity contribution in [3.8, 4) is 0 Å². The van der Waals surface area contributed by atoms with Crippen LogP contribution in [0.1, 0.15) is 37.6 Å². The second kappa shape index (κ2) is 6.27. The summed E-state index contributed by atoms with van der Waals surface area (Å²) in [4.78, 5) is 2.45. The first-order valence-electron chi connectivity index (χ1n) is 6.69. The van der Waals surface area contributed by atoms with E-state index >= 15 is 0 Å². The molecule has 1 fully saturated rings.